The molecule has 0 bridgehead atoms. The van der Waals surface area contributed by atoms with E-state index in [1.807, 2.05) is 24.3 Å². The highest BCUT2D eigenvalue weighted by atomic mass is 79.9. The lowest BCUT2D eigenvalue weighted by atomic mass is 10.1. The van der Waals surface area contributed by atoms with Crippen LogP contribution < -0.4 is 5.32 Å². The van der Waals surface area contributed by atoms with E-state index in [2.05, 4.69) is 27.8 Å². The molecule has 0 amide bonds. The fraction of sp³-hybridized carbons (Fsp3) is 0.0625. The number of rotatable bonds is 5. The summed E-state index contributed by atoms with van der Waals surface area (Å²) in [5.41, 5.74) is 2.20. The Morgan fingerprint density at radius 1 is 1.10 bits per heavy atom. The molecule has 0 atom stereocenters. The average Bonchev–Trinajstić information content (AvgIpc) is 2.42. The molecule has 0 aliphatic heterocycles. The Labute approximate surface area is 131 Å². The lowest BCUT2D eigenvalue weighted by molar-refractivity contribution is 0.0993. The Kier molecular flexibility index (Phi) is 4.99. The molecule has 0 heterocycles. The molecule has 2 rings (SSSR count). The van der Waals surface area contributed by atoms with E-state index in [-0.39, 0.29) is 12.2 Å². The van der Waals surface area contributed by atoms with Crippen LogP contribution in [0, 0.1) is 0 Å². The quantitative estimate of drug-likeness (QED) is 0.741. The first-order valence-electron chi connectivity index (χ1n) is 6.04. The Morgan fingerprint density at radius 2 is 1.70 bits per heavy atom. The molecular weight excluding hydrogens is 338 g/mol. The normalized spacial score (nSPS) is 10.1. The van der Waals surface area contributed by atoms with Gasteiger partial charge in [0, 0.05) is 26.4 Å². The highest BCUT2D eigenvalue weighted by Gasteiger charge is 2.08. The molecule has 1 N–H and O–H groups in total. The van der Waals surface area contributed by atoms with Crippen molar-refractivity contribution in [2.24, 2.45) is 0 Å². The third-order valence-corrected chi connectivity index (χ3v) is 3.49. The summed E-state index contributed by atoms with van der Waals surface area (Å²) < 4.78 is 1.01. The Balaban J connectivity index is 1.95. The molecule has 0 radical (unpaired) electrons. The number of anilines is 1. The van der Waals surface area contributed by atoms with Gasteiger partial charge in [-0.15, -0.1) is 0 Å². The SMILES string of the molecule is C=C(CC(=O)c1ccc(Cl)cc1)Nc1ccc(Br)cc1. The van der Waals surface area contributed by atoms with E-state index in [9.17, 15) is 4.79 Å². The van der Waals surface area contributed by atoms with Crippen LogP contribution >= 0.6 is 27.5 Å². The molecule has 2 nitrogen and oxygen atoms in total. The van der Waals surface area contributed by atoms with E-state index < -0.39 is 0 Å². The Bertz CT molecular complexity index is 620. The van der Waals surface area contributed by atoms with Crippen LogP contribution in [-0.4, -0.2) is 5.78 Å². The van der Waals surface area contributed by atoms with E-state index in [4.69, 9.17) is 11.6 Å². The second-order valence-corrected chi connectivity index (χ2v) is 5.69. The topological polar surface area (TPSA) is 29.1 Å². The van der Waals surface area contributed by atoms with Crippen LogP contribution in [0.25, 0.3) is 0 Å². The second-order valence-electron chi connectivity index (χ2n) is 4.34. The van der Waals surface area contributed by atoms with Gasteiger partial charge in [-0.05, 0) is 48.5 Å². The fourth-order valence-corrected chi connectivity index (χ4v) is 2.10. The smallest absolute Gasteiger partial charge is 0.168 e. The van der Waals surface area contributed by atoms with Crippen molar-refractivity contribution in [3.63, 3.8) is 0 Å². The van der Waals surface area contributed by atoms with Gasteiger partial charge in [0.1, 0.15) is 0 Å². The summed E-state index contributed by atoms with van der Waals surface area (Å²) in [6.07, 6.45) is 0.248. The zero-order valence-electron chi connectivity index (χ0n) is 10.7. The summed E-state index contributed by atoms with van der Waals surface area (Å²) >= 11 is 9.17. The molecule has 2 aromatic carbocycles. The van der Waals surface area contributed by atoms with E-state index in [1.54, 1.807) is 24.3 Å². The van der Waals surface area contributed by atoms with Gasteiger partial charge in [0.05, 0.1) is 6.42 Å². The van der Waals surface area contributed by atoms with Crippen molar-refractivity contribution in [1.82, 2.24) is 0 Å². The monoisotopic (exact) mass is 349 g/mol. The van der Waals surface area contributed by atoms with Crippen molar-refractivity contribution in [3.05, 3.63) is 75.9 Å². The molecule has 0 unspecified atom stereocenters. The third kappa shape index (κ3) is 4.22. The van der Waals surface area contributed by atoms with Crippen molar-refractivity contribution < 1.29 is 4.79 Å². The molecule has 2 aromatic rings. The Hall–Kier alpha value is -1.58. The molecule has 0 saturated carbocycles. The minimum absolute atomic E-state index is 0.0104. The number of halogens is 2. The fourth-order valence-electron chi connectivity index (χ4n) is 1.71. The number of ketones is 1. The number of nitrogens with one attached hydrogen (secondary N) is 1. The van der Waals surface area contributed by atoms with Gasteiger partial charge in [-0.25, -0.2) is 0 Å². The summed E-state index contributed by atoms with van der Waals surface area (Å²) in [5.74, 6) is 0.0104. The van der Waals surface area contributed by atoms with Crippen LogP contribution in [0.3, 0.4) is 0 Å². The number of benzene rings is 2. The molecule has 4 heteroatoms. The number of allylic oxidation sites excluding steroid dienone is 1. The summed E-state index contributed by atoms with van der Waals surface area (Å²) in [6, 6.07) is 14.5. The van der Waals surface area contributed by atoms with Gasteiger partial charge in [-0.2, -0.15) is 0 Å². The maximum atomic E-state index is 12.1. The van der Waals surface area contributed by atoms with Crippen LogP contribution in [0.2, 0.25) is 5.02 Å². The minimum atomic E-state index is 0.0104. The maximum Gasteiger partial charge on any atom is 0.168 e. The summed E-state index contributed by atoms with van der Waals surface area (Å²) in [5, 5.41) is 3.74. The standard InChI is InChI=1S/C16H13BrClNO/c1-11(19-15-8-4-13(17)5-9-15)10-16(20)12-2-6-14(18)7-3-12/h2-9,19H,1,10H2. The summed E-state index contributed by atoms with van der Waals surface area (Å²) in [4.78, 5) is 12.1. The maximum absolute atomic E-state index is 12.1. The van der Waals surface area contributed by atoms with Crippen molar-refractivity contribution in [2.75, 3.05) is 5.32 Å². The van der Waals surface area contributed by atoms with Gasteiger partial charge in [0.15, 0.2) is 5.78 Å². The van der Waals surface area contributed by atoms with Gasteiger partial charge in [-0.1, -0.05) is 34.1 Å². The van der Waals surface area contributed by atoms with Crippen LogP contribution in [0.1, 0.15) is 16.8 Å². The number of hydrogen-bond acceptors (Lipinski definition) is 2. The largest absolute Gasteiger partial charge is 0.359 e. The molecule has 0 aromatic heterocycles. The van der Waals surface area contributed by atoms with Gasteiger partial charge in [0.2, 0.25) is 0 Å². The van der Waals surface area contributed by atoms with Crippen molar-refractivity contribution >= 4 is 39.0 Å². The molecule has 0 aliphatic rings. The lowest BCUT2D eigenvalue weighted by Crippen LogP contribution is -2.06. The molecule has 0 aliphatic carbocycles. The second kappa shape index (κ2) is 6.73. The predicted molar refractivity (Wildman–Crippen MR) is 87.3 cm³/mol. The molecule has 0 spiro atoms. The molecule has 0 saturated heterocycles. The first-order chi connectivity index (χ1) is 9.54. The van der Waals surface area contributed by atoms with E-state index in [1.165, 1.54) is 0 Å². The number of hydrogen-bond donors (Lipinski definition) is 1. The minimum Gasteiger partial charge on any atom is -0.359 e. The average molecular weight is 351 g/mol. The first-order valence-corrected chi connectivity index (χ1v) is 7.21. The summed E-state index contributed by atoms with van der Waals surface area (Å²) in [6.45, 7) is 3.89. The van der Waals surface area contributed by atoms with Gasteiger partial charge in [0.25, 0.3) is 0 Å². The van der Waals surface area contributed by atoms with E-state index in [0.717, 1.165) is 10.2 Å². The van der Waals surface area contributed by atoms with E-state index in [0.29, 0.717) is 16.3 Å². The van der Waals surface area contributed by atoms with Crippen molar-refractivity contribution in [2.45, 2.75) is 6.42 Å². The molecular formula is C16H13BrClNO. The number of Topliss-reactive ketones (excluding diaryl/α,β-unsaturated/α-hetero) is 1. The van der Waals surface area contributed by atoms with Crippen LogP contribution in [0.5, 0.6) is 0 Å². The van der Waals surface area contributed by atoms with Crippen LogP contribution in [0.15, 0.2) is 65.3 Å². The molecule has 0 fully saturated rings. The highest BCUT2D eigenvalue weighted by molar-refractivity contribution is 9.10. The van der Waals surface area contributed by atoms with Crippen LogP contribution in [0.4, 0.5) is 5.69 Å². The zero-order chi connectivity index (χ0) is 14.5. The molecule has 102 valence electrons. The summed E-state index contributed by atoms with van der Waals surface area (Å²) in [7, 11) is 0. The van der Waals surface area contributed by atoms with Gasteiger partial charge >= 0.3 is 0 Å². The third-order valence-electron chi connectivity index (χ3n) is 2.71. The van der Waals surface area contributed by atoms with Gasteiger partial charge in [-0.3, -0.25) is 4.79 Å². The van der Waals surface area contributed by atoms with Gasteiger partial charge < -0.3 is 5.32 Å². The molecule has 20 heavy (non-hydrogen) atoms. The first kappa shape index (κ1) is 14.8. The van der Waals surface area contributed by atoms with E-state index >= 15 is 0 Å². The lowest BCUT2D eigenvalue weighted by Gasteiger charge is -2.09. The number of carbonyl (C=O) groups excluding carboxylic acids is 1. The van der Waals surface area contributed by atoms with Crippen molar-refractivity contribution in [3.8, 4) is 0 Å². The van der Waals surface area contributed by atoms with Crippen molar-refractivity contribution in [1.29, 1.82) is 0 Å². The predicted octanol–water partition coefficient (Wildman–Crippen LogP) is 5.30. The van der Waals surface area contributed by atoms with Crippen LogP contribution in [-0.2, 0) is 0 Å². The highest BCUT2D eigenvalue weighted by Crippen LogP contribution is 2.17. The Morgan fingerprint density at radius 3 is 2.30 bits per heavy atom. The number of carbonyl (C=O) groups is 1. The zero-order valence-corrected chi connectivity index (χ0v) is 13.0.